The molecule has 0 amide bonds. The molecule has 0 bridgehead atoms. The summed E-state index contributed by atoms with van der Waals surface area (Å²) in [6, 6.07) is 0. The average molecular weight is 258 g/mol. The maximum absolute atomic E-state index is 2.50. The zero-order valence-electron chi connectivity index (χ0n) is 12.6. The van der Waals surface area contributed by atoms with Crippen LogP contribution >= 0.6 is 0 Å². The Hall–Kier alpha value is 0. The highest BCUT2D eigenvalue weighted by Gasteiger charge is 2.58. The van der Waals surface area contributed by atoms with E-state index in [-0.39, 0.29) is 0 Å². The van der Waals surface area contributed by atoms with E-state index in [2.05, 4.69) is 6.92 Å². The fourth-order valence-electron chi connectivity index (χ4n) is 6.06. The monoisotopic (exact) mass is 258 g/mol. The number of hydrogen-bond donors (Lipinski definition) is 0. The fourth-order valence-corrected chi connectivity index (χ4v) is 6.06. The molecule has 0 aromatic carbocycles. The minimum atomic E-state index is 0.880. The van der Waals surface area contributed by atoms with Crippen molar-refractivity contribution >= 4 is 0 Å². The van der Waals surface area contributed by atoms with Crippen molar-refractivity contribution in [2.45, 2.75) is 71.1 Å². The van der Waals surface area contributed by atoms with Crippen LogP contribution in [-0.2, 0) is 0 Å². The Balaban J connectivity index is 1.07. The van der Waals surface area contributed by atoms with Crippen molar-refractivity contribution < 1.29 is 0 Å². The molecular formula is C19H30. The van der Waals surface area contributed by atoms with E-state index in [0.29, 0.717) is 0 Å². The lowest BCUT2D eigenvalue weighted by Crippen LogP contribution is -2.02. The molecule has 0 aliphatic heterocycles. The van der Waals surface area contributed by atoms with Gasteiger partial charge in [-0.25, -0.2) is 0 Å². The van der Waals surface area contributed by atoms with Gasteiger partial charge in [-0.1, -0.05) is 6.92 Å². The van der Waals surface area contributed by atoms with E-state index in [9.17, 15) is 0 Å². The Morgan fingerprint density at radius 1 is 0.842 bits per heavy atom. The van der Waals surface area contributed by atoms with Crippen molar-refractivity contribution in [3.63, 3.8) is 0 Å². The molecule has 5 saturated carbocycles. The van der Waals surface area contributed by atoms with Crippen molar-refractivity contribution in [1.82, 2.24) is 0 Å². The van der Waals surface area contributed by atoms with Gasteiger partial charge in [0.2, 0.25) is 0 Å². The molecule has 5 aliphatic carbocycles. The summed E-state index contributed by atoms with van der Waals surface area (Å²) in [5.74, 6) is 8.20. The second-order valence-corrected chi connectivity index (χ2v) is 9.20. The third-order valence-corrected chi connectivity index (χ3v) is 7.98. The molecule has 0 aromatic rings. The van der Waals surface area contributed by atoms with Crippen molar-refractivity contribution in [2.75, 3.05) is 0 Å². The molecule has 0 heterocycles. The Labute approximate surface area is 118 Å². The van der Waals surface area contributed by atoms with Gasteiger partial charge in [0.25, 0.3) is 0 Å². The fraction of sp³-hybridized carbons (Fsp3) is 1.00. The summed E-state index contributed by atoms with van der Waals surface area (Å²) < 4.78 is 0. The first-order valence-corrected chi connectivity index (χ1v) is 9.25. The molecule has 0 heteroatoms. The minimum Gasteiger partial charge on any atom is -0.0620 e. The standard InChI is InChI=1S/C19H30/c1-12-10-19(12)7-6-16(11-19)18-9-15(18)5-4-14-8-17(14)13-2-3-13/h12-18H,2-11H2,1H3/t12?,14?,15-,16?,17+,18+,19?/m1/s1. The Kier molecular flexibility index (Phi) is 2.33. The van der Waals surface area contributed by atoms with Gasteiger partial charge in [0.15, 0.2) is 0 Å². The van der Waals surface area contributed by atoms with Gasteiger partial charge in [-0.15, -0.1) is 0 Å². The molecule has 4 unspecified atom stereocenters. The van der Waals surface area contributed by atoms with Crippen LogP contribution in [0.4, 0.5) is 0 Å². The second kappa shape index (κ2) is 3.80. The molecule has 0 N–H and O–H groups in total. The maximum atomic E-state index is 2.50. The van der Waals surface area contributed by atoms with Crippen LogP contribution < -0.4 is 0 Å². The molecule has 19 heavy (non-hydrogen) atoms. The molecule has 106 valence electrons. The first-order chi connectivity index (χ1) is 9.25. The van der Waals surface area contributed by atoms with Crippen molar-refractivity contribution in [3.05, 3.63) is 0 Å². The van der Waals surface area contributed by atoms with E-state index in [0.717, 1.165) is 17.3 Å². The van der Waals surface area contributed by atoms with E-state index in [1.165, 1.54) is 29.6 Å². The van der Waals surface area contributed by atoms with Gasteiger partial charge in [-0.3, -0.25) is 0 Å². The summed E-state index contributed by atoms with van der Waals surface area (Å²) in [7, 11) is 0. The summed E-state index contributed by atoms with van der Waals surface area (Å²) in [5, 5.41) is 0. The average Bonchev–Trinajstić information content (AvgIpc) is 3.22. The summed E-state index contributed by atoms with van der Waals surface area (Å²) in [6.07, 6.45) is 16.0. The van der Waals surface area contributed by atoms with E-state index in [4.69, 9.17) is 0 Å². The van der Waals surface area contributed by atoms with Crippen LogP contribution in [0.2, 0.25) is 0 Å². The van der Waals surface area contributed by atoms with E-state index in [1.807, 2.05) is 0 Å². The van der Waals surface area contributed by atoms with Crippen LogP contribution in [0, 0.1) is 46.8 Å². The molecule has 1 spiro atoms. The van der Waals surface area contributed by atoms with Gasteiger partial charge >= 0.3 is 0 Å². The Morgan fingerprint density at radius 2 is 1.47 bits per heavy atom. The molecule has 5 rings (SSSR count). The third kappa shape index (κ3) is 2.00. The number of hydrogen-bond acceptors (Lipinski definition) is 0. The van der Waals surface area contributed by atoms with Crippen LogP contribution in [0.1, 0.15) is 71.1 Å². The summed E-state index contributed by atoms with van der Waals surface area (Å²) in [5.41, 5.74) is 0.880. The lowest BCUT2D eigenvalue weighted by Gasteiger charge is -2.10. The smallest absolute Gasteiger partial charge is 0.0266 e. The van der Waals surface area contributed by atoms with Gasteiger partial charge in [0.1, 0.15) is 0 Å². The van der Waals surface area contributed by atoms with Gasteiger partial charge < -0.3 is 0 Å². The van der Waals surface area contributed by atoms with Crippen LogP contribution in [0.5, 0.6) is 0 Å². The van der Waals surface area contributed by atoms with Gasteiger partial charge in [0.05, 0.1) is 0 Å². The zero-order chi connectivity index (χ0) is 12.6. The Morgan fingerprint density at radius 3 is 2.00 bits per heavy atom. The summed E-state index contributed by atoms with van der Waals surface area (Å²) in [6.45, 7) is 2.50. The quantitative estimate of drug-likeness (QED) is 0.629. The predicted octanol–water partition coefficient (Wildman–Crippen LogP) is 5.28. The van der Waals surface area contributed by atoms with Crippen LogP contribution in [0.25, 0.3) is 0 Å². The first kappa shape index (κ1) is 11.6. The molecule has 5 fully saturated rings. The second-order valence-electron chi connectivity index (χ2n) is 9.20. The highest BCUT2D eigenvalue weighted by Crippen LogP contribution is 2.68. The van der Waals surface area contributed by atoms with Crippen molar-refractivity contribution in [3.8, 4) is 0 Å². The zero-order valence-corrected chi connectivity index (χ0v) is 12.6. The normalized spacial score (nSPS) is 58.6. The van der Waals surface area contributed by atoms with Gasteiger partial charge in [-0.05, 0) is 111 Å². The van der Waals surface area contributed by atoms with Gasteiger partial charge in [0, 0.05) is 0 Å². The Bertz CT molecular complexity index is 381. The van der Waals surface area contributed by atoms with Gasteiger partial charge in [-0.2, -0.15) is 0 Å². The lowest BCUT2D eigenvalue weighted by atomic mass is 9.95. The van der Waals surface area contributed by atoms with Crippen molar-refractivity contribution in [2.24, 2.45) is 46.8 Å². The maximum Gasteiger partial charge on any atom is -0.0266 e. The summed E-state index contributed by atoms with van der Waals surface area (Å²) in [4.78, 5) is 0. The molecule has 0 radical (unpaired) electrons. The summed E-state index contributed by atoms with van der Waals surface area (Å²) >= 11 is 0. The SMILES string of the molecule is CC1CC12CCC([C@H]1C[C@H]1CCC1C[C@H]1C1CC1)C2. The third-order valence-electron chi connectivity index (χ3n) is 7.98. The van der Waals surface area contributed by atoms with E-state index in [1.54, 1.807) is 64.2 Å². The highest BCUT2D eigenvalue weighted by molar-refractivity contribution is 5.08. The number of rotatable bonds is 5. The van der Waals surface area contributed by atoms with E-state index >= 15 is 0 Å². The van der Waals surface area contributed by atoms with Crippen molar-refractivity contribution in [1.29, 1.82) is 0 Å². The molecule has 0 aromatic heterocycles. The molecule has 0 saturated heterocycles. The van der Waals surface area contributed by atoms with Crippen LogP contribution in [0.3, 0.4) is 0 Å². The first-order valence-electron chi connectivity index (χ1n) is 9.25. The highest BCUT2D eigenvalue weighted by atomic mass is 14.6. The lowest BCUT2D eigenvalue weighted by molar-refractivity contribution is 0.392. The molecule has 5 aliphatic rings. The largest absolute Gasteiger partial charge is 0.0620 e. The van der Waals surface area contributed by atoms with Crippen LogP contribution in [0.15, 0.2) is 0 Å². The van der Waals surface area contributed by atoms with E-state index < -0.39 is 0 Å². The topological polar surface area (TPSA) is 0 Å². The molecular weight excluding hydrogens is 228 g/mol. The van der Waals surface area contributed by atoms with Crippen LogP contribution in [-0.4, -0.2) is 0 Å². The molecule has 7 atom stereocenters. The minimum absolute atomic E-state index is 0.880. The molecule has 0 nitrogen and oxygen atoms in total. The predicted molar refractivity (Wildman–Crippen MR) is 78.7 cm³/mol.